The molecular weight excluding hydrogens is 415 g/mol. The van der Waals surface area contributed by atoms with Crippen molar-refractivity contribution >= 4 is 22.5 Å². The number of fused-ring (bicyclic) bond motifs is 1. The summed E-state index contributed by atoms with van der Waals surface area (Å²) in [6, 6.07) is 12.8. The number of nitrogens with zero attached hydrogens (tertiary/aromatic N) is 4. The molecule has 0 spiro atoms. The largest absolute Gasteiger partial charge is 0.380 e. The van der Waals surface area contributed by atoms with Crippen molar-refractivity contribution in [2.24, 2.45) is 0 Å². The Bertz CT molecular complexity index is 1080. The summed E-state index contributed by atoms with van der Waals surface area (Å²) in [5.41, 5.74) is 2.91. The Kier molecular flexibility index (Phi) is 6.57. The Morgan fingerprint density at radius 2 is 1.97 bits per heavy atom. The molecule has 0 saturated carbocycles. The third-order valence-electron chi connectivity index (χ3n) is 6.23. The Hall–Kier alpha value is -2.46. The van der Waals surface area contributed by atoms with Crippen LogP contribution in [0.3, 0.4) is 0 Å². The van der Waals surface area contributed by atoms with Gasteiger partial charge in [-0.05, 0) is 74.8 Å². The molecule has 0 unspecified atom stereocenters. The van der Waals surface area contributed by atoms with Crippen molar-refractivity contribution in [1.29, 1.82) is 5.26 Å². The third-order valence-corrected chi connectivity index (χ3v) is 6.45. The summed E-state index contributed by atoms with van der Waals surface area (Å²) in [5.74, 6) is -0.214. The first kappa shape index (κ1) is 21.8. The van der Waals surface area contributed by atoms with Crippen molar-refractivity contribution in [3.8, 4) is 6.07 Å². The summed E-state index contributed by atoms with van der Waals surface area (Å²) in [6.07, 6.45) is 4.49. The van der Waals surface area contributed by atoms with Crippen LogP contribution < -0.4 is 0 Å². The van der Waals surface area contributed by atoms with Crippen LogP contribution in [0.1, 0.15) is 24.0 Å². The number of hydrogen-bond donors (Lipinski definition) is 0. The number of piperidine rings is 1. The summed E-state index contributed by atoms with van der Waals surface area (Å²) < 4.78 is 21.3. The molecule has 0 radical (unpaired) electrons. The van der Waals surface area contributed by atoms with Gasteiger partial charge in [-0.2, -0.15) is 10.4 Å². The minimum atomic E-state index is -0.214. The lowest BCUT2D eigenvalue weighted by atomic mass is 9.73. The van der Waals surface area contributed by atoms with Crippen LogP contribution in [-0.2, 0) is 23.1 Å². The standard InChI is InChI=1S/C24H26ClFN4O/c1-29-10-7-24(8-11-29,20-2-4-22(26)5-3-20)17-31-13-6-18-14-21(25)15-19-16-30(12-9-27)28-23(18)19/h2-5,14-16H,6-8,10-13,17H2,1H3. The molecule has 1 aliphatic rings. The molecule has 162 valence electrons. The summed E-state index contributed by atoms with van der Waals surface area (Å²) in [4.78, 5) is 2.32. The van der Waals surface area contributed by atoms with Crippen molar-refractivity contribution in [2.45, 2.75) is 31.2 Å². The molecule has 0 amide bonds. The fraction of sp³-hybridized carbons (Fsp3) is 0.417. The predicted molar refractivity (Wildman–Crippen MR) is 120 cm³/mol. The van der Waals surface area contributed by atoms with E-state index in [1.54, 1.807) is 4.68 Å². The van der Waals surface area contributed by atoms with E-state index in [9.17, 15) is 4.39 Å². The van der Waals surface area contributed by atoms with Crippen molar-refractivity contribution in [1.82, 2.24) is 14.7 Å². The monoisotopic (exact) mass is 440 g/mol. The number of benzene rings is 2. The number of rotatable bonds is 7. The third kappa shape index (κ3) is 4.90. The van der Waals surface area contributed by atoms with Crippen LogP contribution in [0.4, 0.5) is 4.39 Å². The zero-order chi connectivity index (χ0) is 21.8. The van der Waals surface area contributed by atoms with Crippen LogP contribution in [0.15, 0.2) is 42.6 Å². The van der Waals surface area contributed by atoms with E-state index in [2.05, 4.69) is 23.1 Å². The van der Waals surface area contributed by atoms with Gasteiger partial charge in [0, 0.05) is 22.0 Å². The molecule has 5 nitrogen and oxygen atoms in total. The van der Waals surface area contributed by atoms with Gasteiger partial charge >= 0.3 is 0 Å². The van der Waals surface area contributed by atoms with Crippen molar-refractivity contribution in [3.63, 3.8) is 0 Å². The fourth-order valence-electron chi connectivity index (χ4n) is 4.38. The maximum absolute atomic E-state index is 13.5. The van der Waals surface area contributed by atoms with Gasteiger partial charge in [-0.15, -0.1) is 0 Å². The second-order valence-corrected chi connectivity index (χ2v) is 8.82. The smallest absolute Gasteiger partial charge is 0.128 e. The lowest BCUT2D eigenvalue weighted by Crippen LogP contribution is -2.44. The van der Waals surface area contributed by atoms with E-state index in [0.29, 0.717) is 24.7 Å². The molecule has 4 rings (SSSR count). The van der Waals surface area contributed by atoms with Crippen molar-refractivity contribution in [2.75, 3.05) is 33.4 Å². The Morgan fingerprint density at radius 3 is 2.68 bits per heavy atom. The minimum absolute atomic E-state index is 0.0990. The average Bonchev–Trinajstić information content (AvgIpc) is 3.16. The lowest BCUT2D eigenvalue weighted by molar-refractivity contribution is 0.0513. The van der Waals surface area contributed by atoms with E-state index in [1.165, 1.54) is 12.1 Å². The molecule has 3 aromatic rings. The fourth-order valence-corrected chi connectivity index (χ4v) is 4.63. The van der Waals surface area contributed by atoms with E-state index in [-0.39, 0.29) is 17.8 Å². The molecule has 31 heavy (non-hydrogen) atoms. The average molecular weight is 441 g/mol. The molecule has 7 heteroatoms. The number of nitriles is 1. The zero-order valence-electron chi connectivity index (χ0n) is 17.7. The van der Waals surface area contributed by atoms with Crippen LogP contribution in [-0.4, -0.2) is 48.0 Å². The van der Waals surface area contributed by atoms with Crippen LogP contribution in [0.25, 0.3) is 10.9 Å². The highest BCUT2D eigenvalue weighted by atomic mass is 35.5. The lowest BCUT2D eigenvalue weighted by Gasteiger charge is -2.41. The summed E-state index contributed by atoms with van der Waals surface area (Å²) in [7, 11) is 2.13. The van der Waals surface area contributed by atoms with Gasteiger partial charge < -0.3 is 9.64 Å². The molecule has 2 aromatic carbocycles. The molecule has 1 saturated heterocycles. The second kappa shape index (κ2) is 9.35. The molecule has 0 atom stereocenters. The predicted octanol–water partition coefficient (Wildman–Crippen LogP) is 4.58. The normalized spacial score (nSPS) is 16.5. The second-order valence-electron chi connectivity index (χ2n) is 8.38. The molecule has 0 N–H and O–H groups in total. The van der Waals surface area contributed by atoms with Gasteiger partial charge in [-0.3, -0.25) is 4.68 Å². The van der Waals surface area contributed by atoms with Crippen LogP contribution in [0.2, 0.25) is 5.02 Å². The Morgan fingerprint density at radius 1 is 1.23 bits per heavy atom. The van der Waals surface area contributed by atoms with E-state index in [1.807, 2.05) is 30.5 Å². The quantitative estimate of drug-likeness (QED) is 0.505. The number of halogens is 2. The Labute approximate surface area is 187 Å². The maximum atomic E-state index is 13.5. The number of hydrogen-bond acceptors (Lipinski definition) is 4. The summed E-state index contributed by atoms with van der Waals surface area (Å²) >= 11 is 6.30. The first-order valence-electron chi connectivity index (χ1n) is 10.5. The SMILES string of the molecule is CN1CCC(COCCc2cc(Cl)cc3cn(CC#N)nc23)(c2ccc(F)cc2)CC1. The molecule has 1 aromatic heterocycles. The van der Waals surface area contributed by atoms with E-state index < -0.39 is 0 Å². The Balaban J connectivity index is 1.46. The van der Waals surface area contributed by atoms with Crippen LogP contribution in [0.5, 0.6) is 0 Å². The maximum Gasteiger partial charge on any atom is 0.128 e. The highest BCUT2D eigenvalue weighted by molar-refractivity contribution is 6.31. The summed E-state index contributed by atoms with van der Waals surface area (Å²) in [6.45, 7) is 3.33. The zero-order valence-corrected chi connectivity index (χ0v) is 18.4. The van der Waals surface area contributed by atoms with Gasteiger partial charge in [0.2, 0.25) is 0 Å². The molecule has 1 fully saturated rings. The number of aromatic nitrogens is 2. The van der Waals surface area contributed by atoms with Gasteiger partial charge in [0.15, 0.2) is 0 Å². The first-order chi connectivity index (χ1) is 15.0. The van der Waals surface area contributed by atoms with Crippen LogP contribution in [0, 0.1) is 17.1 Å². The molecule has 1 aliphatic heterocycles. The van der Waals surface area contributed by atoms with Gasteiger partial charge in [0.05, 0.1) is 24.8 Å². The molecule has 2 heterocycles. The van der Waals surface area contributed by atoms with Crippen molar-refractivity contribution < 1.29 is 9.13 Å². The number of ether oxygens (including phenoxy) is 1. The van der Waals surface area contributed by atoms with Gasteiger partial charge in [-0.1, -0.05) is 23.7 Å². The minimum Gasteiger partial charge on any atom is -0.380 e. The first-order valence-corrected chi connectivity index (χ1v) is 10.9. The summed E-state index contributed by atoms with van der Waals surface area (Å²) in [5, 5.41) is 15.0. The van der Waals surface area contributed by atoms with E-state index in [4.69, 9.17) is 21.6 Å². The van der Waals surface area contributed by atoms with Crippen molar-refractivity contribution in [3.05, 3.63) is 64.6 Å². The van der Waals surface area contributed by atoms with E-state index >= 15 is 0 Å². The molecule has 0 aliphatic carbocycles. The highest BCUT2D eigenvalue weighted by Gasteiger charge is 2.35. The highest BCUT2D eigenvalue weighted by Crippen LogP contribution is 2.36. The molecular formula is C24H26ClFN4O. The van der Waals surface area contributed by atoms with Gasteiger partial charge in [0.25, 0.3) is 0 Å². The molecule has 0 bridgehead atoms. The number of likely N-dealkylation sites (tertiary alicyclic amines) is 1. The van der Waals surface area contributed by atoms with Gasteiger partial charge in [0.1, 0.15) is 12.4 Å². The topological polar surface area (TPSA) is 54.1 Å². The van der Waals surface area contributed by atoms with Crippen LogP contribution >= 0.6 is 11.6 Å². The van der Waals surface area contributed by atoms with Gasteiger partial charge in [-0.25, -0.2) is 4.39 Å². The van der Waals surface area contributed by atoms with E-state index in [0.717, 1.165) is 48.0 Å².